The second kappa shape index (κ2) is 7.82. The van der Waals surface area contributed by atoms with Gasteiger partial charge >= 0.3 is 5.97 Å². The van der Waals surface area contributed by atoms with Gasteiger partial charge in [0.1, 0.15) is 0 Å². The smallest absolute Gasteiger partial charge is 0.359 e. The van der Waals surface area contributed by atoms with E-state index in [-0.39, 0.29) is 5.69 Å². The number of aryl methyl sites for hydroxylation is 1. The van der Waals surface area contributed by atoms with Crippen molar-refractivity contribution in [2.75, 3.05) is 0 Å². The molecule has 0 aliphatic carbocycles. The third kappa shape index (κ3) is 4.60. The minimum absolute atomic E-state index is 0.00595. The average Bonchev–Trinajstić information content (AvgIpc) is 2.60. The van der Waals surface area contributed by atoms with Crippen LogP contribution < -0.4 is 10.9 Å². The Morgan fingerprint density at radius 2 is 1.75 bits per heavy atom. The normalized spacial score (nSPS) is 11.2. The van der Waals surface area contributed by atoms with Gasteiger partial charge in [0.2, 0.25) is 0 Å². The van der Waals surface area contributed by atoms with E-state index in [9.17, 15) is 14.4 Å². The van der Waals surface area contributed by atoms with Crippen LogP contribution in [0.4, 0.5) is 0 Å². The van der Waals surface area contributed by atoms with Crippen molar-refractivity contribution in [3.63, 3.8) is 0 Å². The molecule has 2 rings (SSSR count). The molecule has 2 amide bonds. The lowest BCUT2D eigenvalue weighted by molar-refractivity contribution is -0.129. The number of aromatic nitrogens is 2. The van der Waals surface area contributed by atoms with Gasteiger partial charge in [-0.1, -0.05) is 18.2 Å². The number of amides is 2. The Morgan fingerprint density at radius 1 is 1.04 bits per heavy atom. The van der Waals surface area contributed by atoms with Crippen LogP contribution in [0.1, 0.15) is 33.5 Å². The van der Waals surface area contributed by atoms with Crippen LogP contribution in [0.15, 0.2) is 42.7 Å². The Balaban J connectivity index is 1.84. The zero-order valence-corrected chi connectivity index (χ0v) is 13.1. The molecular weight excluding hydrogens is 312 g/mol. The van der Waals surface area contributed by atoms with Crippen LogP contribution in [0.3, 0.4) is 0 Å². The van der Waals surface area contributed by atoms with E-state index in [2.05, 4.69) is 20.8 Å². The van der Waals surface area contributed by atoms with E-state index in [0.29, 0.717) is 11.3 Å². The number of nitrogens with one attached hydrogen (secondary N) is 2. The summed E-state index contributed by atoms with van der Waals surface area (Å²) in [5.74, 6) is -1.93. The van der Waals surface area contributed by atoms with E-state index < -0.39 is 23.9 Å². The Kier molecular flexibility index (Phi) is 5.56. The first-order valence-electron chi connectivity index (χ1n) is 7.12. The number of benzene rings is 1. The second-order valence-electron chi connectivity index (χ2n) is 4.90. The van der Waals surface area contributed by atoms with Crippen molar-refractivity contribution in [1.29, 1.82) is 0 Å². The molecule has 1 heterocycles. The molecule has 0 spiro atoms. The summed E-state index contributed by atoms with van der Waals surface area (Å²) in [6.45, 7) is 3.11. The fourth-order valence-corrected chi connectivity index (χ4v) is 1.65. The molecule has 0 fully saturated rings. The minimum Gasteiger partial charge on any atom is -0.448 e. The molecule has 24 heavy (non-hydrogen) atoms. The summed E-state index contributed by atoms with van der Waals surface area (Å²) in [6, 6.07) is 8.36. The number of rotatable bonds is 4. The Bertz CT molecular complexity index is 732. The monoisotopic (exact) mass is 328 g/mol. The van der Waals surface area contributed by atoms with E-state index in [0.717, 1.165) is 0 Å². The molecule has 0 radical (unpaired) electrons. The van der Waals surface area contributed by atoms with Crippen LogP contribution in [0, 0.1) is 6.92 Å². The zero-order chi connectivity index (χ0) is 17.5. The molecule has 2 aromatic rings. The van der Waals surface area contributed by atoms with Gasteiger partial charge in [0.05, 0.1) is 11.9 Å². The zero-order valence-electron chi connectivity index (χ0n) is 13.1. The molecule has 8 nitrogen and oxygen atoms in total. The summed E-state index contributed by atoms with van der Waals surface area (Å²) >= 11 is 0. The number of hydrazine groups is 1. The highest BCUT2D eigenvalue weighted by Gasteiger charge is 2.20. The first-order chi connectivity index (χ1) is 11.5. The largest absolute Gasteiger partial charge is 0.448 e. The highest BCUT2D eigenvalue weighted by molar-refractivity contribution is 5.96. The van der Waals surface area contributed by atoms with Gasteiger partial charge in [-0.25, -0.2) is 9.78 Å². The number of hydrogen-bond acceptors (Lipinski definition) is 6. The highest BCUT2D eigenvalue weighted by atomic mass is 16.5. The molecule has 0 saturated carbocycles. The summed E-state index contributed by atoms with van der Waals surface area (Å²) in [5.41, 5.74) is 5.47. The van der Waals surface area contributed by atoms with Gasteiger partial charge < -0.3 is 4.74 Å². The quantitative estimate of drug-likeness (QED) is 0.634. The summed E-state index contributed by atoms with van der Waals surface area (Å²) in [5, 5.41) is 0. The lowest BCUT2D eigenvalue weighted by Crippen LogP contribution is -2.46. The van der Waals surface area contributed by atoms with Crippen molar-refractivity contribution in [3.05, 3.63) is 59.7 Å². The van der Waals surface area contributed by atoms with Gasteiger partial charge in [0.25, 0.3) is 11.8 Å². The first kappa shape index (κ1) is 17.1. The summed E-state index contributed by atoms with van der Waals surface area (Å²) in [6.07, 6.45) is 1.57. The SMILES string of the molecule is Cc1cnc(C(=O)O[C@H](C)C(=O)NNC(=O)c2ccccc2)cn1. The van der Waals surface area contributed by atoms with E-state index in [1.54, 1.807) is 37.3 Å². The topological polar surface area (TPSA) is 110 Å². The molecule has 124 valence electrons. The maximum absolute atomic E-state index is 11.9. The number of esters is 1. The third-order valence-corrected chi connectivity index (χ3v) is 2.98. The summed E-state index contributed by atoms with van der Waals surface area (Å²) in [7, 11) is 0. The molecule has 0 aliphatic heterocycles. The predicted octanol–water partition coefficient (Wildman–Crippen LogP) is 0.792. The van der Waals surface area contributed by atoms with Gasteiger partial charge in [0, 0.05) is 11.8 Å². The Morgan fingerprint density at radius 3 is 2.38 bits per heavy atom. The van der Waals surface area contributed by atoms with Crippen molar-refractivity contribution < 1.29 is 19.1 Å². The van der Waals surface area contributed by atoms with Crippen LogP contribution in [-0.2, 0) is 9.53 Å². The van der Waals surface area contributed by atoms with Crippen LogP contribution in [-0.4, -0.2) is 33.9 Å². The number of carbonyl (C=O) groups excluding carboxylic acids is 3. The molecule has 2 N–H and O–H groups in total. The van der Waals surface area contributed by atoms with Crippen molar-refractivity contribution in [3.8, 4) is 0 Å². The van der Waals surface area contributed by atoms with Crippen molar-refractivity contribution in [2.45, 2.75) is 20.0 Å². The number of ether oxygens (including phenoxy) is 1. The maximum Gasteiger partial charge on any atom is 0.359 e. The fourth-order valence-electron chi connectivity index (χ4n) is 1.65. The Hall–Kier alpha value is -3.29. The molecule has 0 bridgehead atoms. The molecule has 0 unspecified atom stereocenters. The molecule has 1 atom stereocenters. The fraction of sp³-hybridized carbons (Fsp3) is 0.188. The molecular formula is C16H16N4O4. The Labute approximate surface area is 138 Å². The molecule has 8 heteroatoms. The predicted molar refractivity (Wildman–Crippen MR) is 83.7 cm³/mol. The number of carbonyl (C=O) groups is 3. The van der Waals surface area contributed by atoms with E-state index >= 15 is 0 Å². The first-order valence-corrected chi connectivity index (χ1v) is 7.12. The molecule has 1 aromatic heterocycles. The average molecular weight is 328 g/mol. The molecule has 0 aliphatic rings. The van der Waals surface area contributed by atoms with Gasteiger partial charge in [-0.2, -0.15) is 0 Å². The second-order valence-corrected chi connectivity index (χ2v) is 4.90. The minimum atomic E-state index is -1.11. The van der Waals surface area contributed by atoms with Gasteiger partial charge in [-0.15, -0.1) is 0 Å². The molecule has 0 saturated heterocycles. The van der Waals surface area contributed by atoms with Crippen LogP contribution in [0.2, 0.25) is 0 Å². The lowest BCUT2D eigenvalue weighted by atomic mass is 10.2. The van der Waals surface area contributed by atoms with Crippen LogP contribution in [0.25, 0.3) is 0 Å². The van der Waals surface area contributed by atoms with Crippen molar-refractivity contribution in [2.24, 2.45) is 0 Å². The third-order valence-electron chi connectivity index (χ3n) is 2.98. The number of nitrogens with zero attached hydrogens (tertiary/aromatic N) is 2. The summed E-state index contributed by atoms with van der Waals surface area (Å²) < 4.78 is 4.97. The lowest BCUT2D eigenvalue weighted by Gasteiger charge is -2.13. The molecule has 1 aromatic carbocycles. The van der Waals surface area contributed by atoms with Gasteiger partial charge in [-0.3, -0.25) is 25.4 Å². The standard InChI is InChI=1S/C16H16N4O4/c1-10-8-18-13(9-17-10)16(23)24-11(2)14(21)19-20-15(22)12-6-4-3-5-7-12/h3-9,11H,1-2H3,(H,19,21)(H,20,22)/t11-/m1/s1. The van der Waals surface area contributed by atoms with E-state index in [1.165, 1.54) is 19.3 Å². The van der Waals surface area contributed by atoms with Gasteiger partial charge in [-0.05, 0) is 26.0 Å². The number of hydrogen-bond donors (Lipinski definition) is 2. The van der Waals surface area contributed by atoms with Crippen LogP contribution >= 0.6 is 0 Å². The maximum atomic E-state index is 11.9. The van der Waals surface area contributed by atoms with Crippen LogP contribution in [0.5, 0.6) is 0 Å². The van der Waals surface area contributed by atoms with Crippen molar-refractivity contribution >= 4 is 17.8 Å². The van der Waals surface area contributed by atoms with Crippen molar-refractivity contribution in [1.82, 2.24) is 20.8 Å². The van der Waals surface area contributed by atoms with E-state index in [4.69, 9.17) is 4.74 Å². The highest BCUT2D eigenvalue weighted by Crippen LogP contribution is 2.01. The van der Waals surface area contributed by atoms with E-state index in [1.807, 2.05) is 0 Å². The van der Waals surface area contributed by atoms with Gasteiger partial charge in [0.15, 0.2) is 11.8 Å². The summed E-state index contributed by atoms with van der Waals surface area (Å²) in [4.78, 5) is 43.3.